The van der Waals surface area contributed by atoms with Crippen LogP contribution in [-0.2, 0) is 4.79 Å². The van der Waals surface area contributed by atoms with Crippen molar-refractivity contribution in [1.82, 2.24) is 10.2 Å². The third kappa shape index (κ3) is 4.12. The van der Waals surface area contributed by atoms with E-state index in [0.717, 1.165) is 11.8 Å². The SMILES string of the molecule is O=C(CSc1nnc(-c2ccccc2Cl)o1)Oc1ccccc1. The summed E-state index contributed by atoms with van der Waals surface area (Å²) in [6.07, 6.45) is 0. The van der Waals surface area contributed by atoms with Crippen molar-refractivity contribution in [2.24, 2.45) is 0 Å². The van der Waals surface area contributed by atoms with Crippen LogP contribution in [0, 0.1) is 0 Å². The molecule has 0 radical (unpaired) electrons. The molecular formula is C16H11ClN2O3S. The normalized spacial score (nSPS) is 10.5. The van der Waals surface area contributed by atoms with E-state index in [-0.39, 0.29) is 11.0 Å². The van der Waals surface area contributed by atoms with Gasteiger partial charge in [-0.1, -0.05) is 53.7 Å². The van der Waals surface area contributed by atoms with Crippen LogP contribution in [0.1, 0.15) is 0 Å². The van der Waals surface area contributed by atoms with Crippen LogP contribution in [0.5, 0.6) is 5.75 Å². The van der Waals surface area contributed by atoms with Gasteiger partial charge in [0.2, 0.25) is 5.89 Å². The zero-order valence-electron chi connectivity index (χ0n) is 11.8. The summed E-state index contributed by atoms with van der Waals surface area (Å²) in [5, 5.41) is 8.63. The first-order chi connectivity index (χ1) is 11.2. The summed E-state index contributed by atoms with van der Waals surface area (Å²) >= 11 is 7.19. The molecule has 23 heavy (non-hydrogen) atoms. The number of halogens is 1. The van der Waals surface area contributed by atoms with Gasteiger partial charge in [0.15, 0.2) is 0 Å². The van der Waals surface area contributed by atoms with Gasteiger partial charge in [0.1, 0.15) is 11.5 Å². The van der Waals surface area contributed by atoms with Gasteiger partial charge in [-0.2, -0.15) is 0 Å². The molecule has 0 bridgehead atoms. The molecule has 0 aliphatic heterocycles. The Bertz CT molecular complexity index is 808. The molecule has 116 valence electrons. The Morgan fingerprint density at radius 3 is 2.61 bits per heavy atom. The third-order valence-corrected chi connectivity index (χ3v) is 3.92. The molecule has 1 aromatic heterocycles. The number of rotatable bonds is 5. The molecule has 0 aliphatic carbocycles. The number of hydrogen-bond acceptors (Lipinski definition) is 6. The van der Waals surface area contributed by atoms with Crippen molar-refractivity contribution in [3.63, 3.8) is 0 Å². The maximum atomic E-state index is 11.8. The average molecular weight is 347 g/mol. The highest BCUT2D eigenvalue weighted by Crippen LogP contribution is 2.28. The van der Waals surface area contributed by atoms with E-state index >= 15 is 0 Å². The Labute approximate surface area is 141 Å². The quantitative estimate of drug-likeness (QED) is 0.394. The summed E-state index contributed by atoms with van der Waals surface area (Å²) in [5.74, 6) is 0.493. The number of carbonyl (C=O) groups excluding carboxylic acids is 1. The number of hydrogen-bond donors (Lipinski definition) is 0. The molecule has 0 N–H and O–H groups in total. The van der Waals surface area contributed by atoms with E-state index in [4.69, 9.17) is 20.8 Å². The molecule has 1 heterocycles. The van der Waals surface area contributed by atoms with E-state index in [9.17, 15) is 4.79 Å². The highest BCUT2D eigenvalue weighted by molar-refractivity contribution is 7.99. The van der Waals surface area contributed by atoms with Crippen molar-refractivity contribution in [1.29, 1.82) is 0 Å². The van der Waals surface area contributed by atoms with E-state index in [1.165, 1.54) is 0 Å². The Hall–Kier alpha value is -2.31. The largest absolute Gasteiger partial charge is 0.426 e. The van der Waals surface area contributed by atoms with Gasteiger partial charge in [0.25, 0.3) is 5.22 Å². The minimum Gasteiger partial charge on any atom is -0.426 e. The minimum atomic E-state index is -0.390. The molecule has 5 nitrogen and oxygen atoms in total. The molecular weight excluding hydrogens is 336 g/mol. The van der Waals surface area contributed by atoms with Crippen LogP contribution in [-0.4, -0.2) is 21.9 Å². The number of carbonyl (C=O) groups is 1. The van der Waals surface area contributed by atoms with Crippen molar-refractivity contribution in [3.05, 3.63) is 59.6 Å². The number of aromatic nitrogens is 2. The van der Waals surface area contributed by atoms with Crippen molar-refractivity contribution in [3.8, 4) is 17.2 Å². The third-order valence-electron chi connectivity index (χ3n) is 2.80. The van der Waals surface area contributed by atoms with Crippen molar-refractivity contribution >= 4 is 29.3 Å². The van der Waals surface area contributed by atoms with E-state index < -0.39 is 5.97 Å². The topological polar surface area (TPSA) is 65.2 Å². The molecule has 0 fully saturated rings. The van der Waals surface area contributed by atoms with Crippen LogP contribution in [0.15, 0.2) is 64.2 Å². The van der Waals surface area contributed by atoms with Crippen LogP contribution in [0.25, 0.3) is 11.5 Å². The number of para-hydroxylation sites is 1. The number of esters is 1. The molecule has 0 spiro atoms. The maximum Gasteiger partial charge on any atom is 0.321 e. The average Bonchev–Trinajstić information content (AvgIpc) is 3.03. The van der Waals surface area contributed by atoms with Gasteiger partial charge in [0, 0.05) is 0 Å². The fourth-order valence-electron chi connectivity index (χ4n) is 1.78. The molecule has 0 atom stereocenters. The Morgan fingerprint density at radius 1 is 1.09 bits per heavy atom. The van der Waals surface area contributed by atoms with Crippen LogP contribution >= 0.6 is 23.4 Å². The molecule has 0 unspecified atom stereocenters. The zero-order valence-corrected chi connectivity index (χ0v) is 13.4. The lowest BCUT2D eigenvalue weighted by Crippen LogP contribution is -2.10. The van der Waals surface area contributed by atoms with Crippen LogP contribution in [0.2, 0.25) is 5.02 Å². The van der Waals surface area contributed by atoms with E-state index in [1.54, 1.807) is 36.4 Å². The monoisotopic (exact) mass is 346 g/mol. The maximum absolute atomic E-state index is 11.8. The van der Waals surface area contributed by atoms with Crippen molar-refractivity contribution in [2.75, 3.05) is 5.75 Å². The standard InChI is InChI=1S/C16H11ClN2O3S/c17-13-9-5-4-8-12(13)15-18-19-16(22-15)23-10-14(20)21-11-6-2-1-3-7-11/h1-9H,10H2. The second-order valence-corrected chi connectivity index (χ2v) is 5.76. The second-order valence-electron chi connectivity index (χ2n) is 4.43. The first-order valence-corrected chi connectivity index (χ1v) is 8.05. The summed E-state index contributed by atoms with van der Waals surface area (Å²) in [5.41, 5.74) is 0.653. The fourth-order valence-corrected chi connectivity index (χ4v) is 2.53. The van der Waals surface area contributed by atoms with E-state index in [0.29, 0.717) is 22.2 Å². The lowest BCUT2D eigenvalue weighted by molar-refractivity contribution is -0.131. The van der Waals surface area contributed by atoms with Crippen molar-refractivity contribution in [2.45, 2.75) is 5.22 Å². The highest BCUT2D eigenvalue weighted by atomic mass is 35.5. The molecule has 0 saturated heterocycles. The predicted molar refractivity (Wildman–Crippen MR) is 87.5 cm³/mol. The lowest BCUT2D eigenvalue weighted by atomic mass is 10.2. The van der Waals surface area contributed by atoms with Crippen molar-refractivity contribution < 1.29 is 13.9 Å². The minimum absolute atomic E-state index is 0.0685. The smallest absolute Gasteiger partial charge is 0.321 e. The molecule has 2 aromatic carbocycles. The van der Waals surface area contributed by atoms with Gasteiger partial charge in [0.05, 0.1) is 10.6 Å². The summed E-state index contributed by atoms with van der Waals surface area (Å²) in [6, 6.07) is 16.0. The molecule has 0 aliphatic rings. The predicted octanol–water partition coefficient (Wildman–Crippen LogP) is 4.09. The fraction of sp³-hybridized carbons (Fsp3) is 0.0625. The Kier molecular flexibility index (Phi) is 4.95. The summed E-state index contributed by atoms with van der Waals surface area (Å²) in [6.45, 7) is 0. The van der Waals surface area contributed by atoms with Crippen LogP contribution in [0.4, 0.5) is 0 Å². The molecule has 0 amide bonds. The Morgan fingerprint density at radius 2 is 1.83 bits per heavy atom. The van der Waals surface area contributed by atoms with Crippen LogP contribution < -0.4 is 4.74 Å². The van der Waals surface area contributed by atoms with E-state index in [2.05, 4.69) is 10.2 Å². The second kappa shape index (κ2) is 7.30. The summed E-state index contributed by atoms with van der Waals surface area (Å²) in [7, 11) is 0. The zero-order chi connectivity index (χ0) is 16.1. The van der Waals surface area contributed by atoms with Crippen LogP contribution in [0.3, 0.4) is 0 Å². The first-order valence-electron chi connectivity index (χ1n) is 6.69. The first kappa shape index (κ1) is 15.6. The molecule has 3 rings (SSSR count). The highest BCUT2D eigenvalue weighted by Gasteiger charge is 2.14. The molecule has 0 saturated carbocycles. The van der Waals surface area contributed by atoms with Gasteiger partial charge in [-0.15, -0.1) is 10.2 Å². The summed E-state index contributed by atoms with van der Waals surface area (Å²) < 4.78 is 10.7. The molecule has 3 aromatic rings. The number of thioether (sulfide) groups is 1. The van der Waals surface area contributed by atoms with Gasteiger partial charge in [-0.25, -0.2) is 0 Å². The van der Waals surface area contributed by atoms with Gasteiger partial charge < -0.3 is 9.15 Å². The van der Waals surface area contributed by atoms with E-state index in [1.807, 2.05) is 18.2 Å². The Balaban J connectivity index is 1.59. The van der Waals surface area contributed by atoms with Gasteiger partial charge in [-0.3, -0.25) is 4.79 Å². The number of benzene rings is 2. The summed E-state index contributed by atoms with van der Waals surface area (Å²) in [4.78, 5) is 11.8. The van der Waals surface area contributed by atoms with Gasteiger partial charge >= 0.3 is 5.97 Å². The van der Waals surface area contributed by atoms with Gasteiger partial charge in [-0.05, 0) is 24.3 Å². The number of nitrogens with zero attached hydrogens (tertiary/aromatic N) is 2. The number of ether oxygens (including phenoxy) is 1. The lowest BCUT2D eigenvalue weighted by Gasteiger charge is -2.01. The molecule has 7 heteroatoms.